The molecule has 0 bridgehead atoms. The number of amides is 1. The Morgan fingerprint density at radius 3 is 2.90 bits per heavy atom. The SMILES string of the molecule is CN(C(=O)c1cc(C#CCO)ccc1F)c1cccnc1. The number of benzene rings is 1. The highest BCUT2D eigenvalue weighted by atomic mass is 19.1. The third-order valence-corrected chi connectivity index (χ3v) is 2.85. The van der Waals surface area contributed by atoms with Crippen LogP contribution in [0.3, 0.4) is 0 Å². The van der Waals surface area contributed by atoms with Crippen LogP contribution in [-0.2, 0) is 0 Å². The van der Waals surface area contributed by atoms with Gasteiger partial charge in [-0.15, -0.1) is 0 Å². The zero-order valence-corrected chi connectivity index (χ0v) is 11.4. The predicted molar refractivity (Wildman–Crippen MR) is 77.3 cm³/mol. The minimum atomic E-state index is -0.620. The first-order valence-corrected chi connectivity index (χ1v) is 6.21. The second-order valence-electron chi connectivity index (χ2n) is 4.23. The van der Waals surface area contributed by atoms with Crippen LogP contribution in [0.4, 0.5) is 10.1 Å². The Hall–Kier alpha value is -2.71. The Balaban J connectivity index is 2.34. The van der Waals surface area contributed by atoms with Gasteiger partial charge in [0, 0.05) is 18.8 Å². The molecule has 5 heteroatoms. The molecule has 1 aromatic carbocycles. The largest absolute Gasteiger partial charge is 0.384 e. The number of hydrogen-bond acceptors (Lipinski definition) is 3. The predicted octanol–water partition coefficient (Wildman–Crippen LogP) is 1.84. The smallest absolute Gasteiger partial charge is 0.261 e. The molecule has 2 rings (SSSR count). The van der Waals surface area contributed by atoms with Gasteiger partial charge in [-0.3, -0.25) is 9.78 Å². The van der Waals surface area contributed by atoms with Crippen molar-refractivity contribution >= 4 is 11.6 Å². The van der Waals surface area contributed by atoms with Crippen molar-refractivity contribution in [3.8, 4) is 11.8 Å². The number of rotatable bonds is 2. The van der Waals surface area contributed by atoms with Crippen molar-refractivity contribution in [2.45, 2.75) is 0 Å². The first kappa shape index (κ1) is 14.7. The van der Waals surface area contributed by atoms with E-state index < -0.39 is 11.7 Å². The molecule has 0 unspecified atom stereocenters. The Morgan fingerprint density at radius 2 is 2.24 bits per heavy atom. The maximum Gasteiger partial charge on any atom is 0.261 e. The van der Waals surface area contributed by atoms with Crippen LogP contribution in [0, 0.1) is 17.7 Å². The van der Waals surface area contributed by atoms with E-state index in [4.69, 9.17) is 5.11 Å². The summed E-state index contributed by atoms with van der Waals surface area (Å²) >= 11 is 0. The fourth-order valence-electron chi connectivity index (χ4n) is 1.76. The van der Waals surface area contributed by atoms with Crippen LogP contribution in [0.25, 0.3) is 0 Å². The highest BCUT2D eigenvalue weighted by Gasteiger charge is 2.18. The van der Waals surface area contributed by atoms with E-state index in [0.717, 1.165) is 0 Å². The minimum absolute atomic E-state index is 0.0777. The van der Waals surface area contributed by atoms with Crippen molar-refractivity contribution in [1.82, 2.24) is 4.98 Å². The summed E-state index contributed by atoms with van der Waals surface area (Å²) in [5.41, 5.74) is 0.952. The van der Waals surface area contributed by atoms with Crippen molar-refractivity contribution in [3.63, 3.8) is 0 Å². The summed E-state index contributed by atoms with van der Waals surface area (Å²) in [5, 5.41) is 8.67. The topological polar surface area (TPSA) is 53.4 Å². The summed E-state index contributed by atoms with van der Waals surface area (Å²) in [6.07, 6.45) is 3.11. The molecule has 0 aliphatic heterocycles. The van der Waals surface area contributed by atoms with Gasteiger partial charge in [-0.05, 0) is 30.3 Å². The van der Waals surface area contributed by atoms with Gasteiger partial charge in [0.05, 0.1) is 17.4 Å². The zero-order chi connectivity index (χ0) is 15.2. The number of hydrogen-bond donors (Lipinski definition) is 1. The molecule has 0 saturated heterocycles. The number of aliphatic hydroxyl groups excluding tert-OH is 1. The van der Waals surface area contributed by atoms with Gasteiger partial charge in [0.25, 0.3) is 5.91 Å². The summed E-state index contributed by atoms with van der Waals surface area (Å²) in [5.74, 6) is 3.99. The summed E-state index contributed by atoms with van der Waals surface area (Å²) in [6.45, 7) is -0.295. The number of carbonyl (C=O) groups excluding carboxylic acids is 1. The highest BCUT2D eigenvalue weighted by Crippen LogP contribution is 2.17. The second kappa shape index (κ2) is 6.64. The van der Waals surface area contributed by atoms with E-state index in [1.54, 1.807) is 25.4 Å². The molecule has 1 heterocycles. The van der Waals surface area contributed by atoms with Crippen LogP contribution in [-0.4, -0.2) is 29.7 Å². The zero-order valence-electron chi connectivity index (χ0n) is 11.4. The number of aromatic nitrogens is 1. The molecule has 0 fully saturated rings. The van der Waals surface area contributed by atoms with Crippen LogP contribution in [0.2, 0.25) is 0 Å². The molecule has 106 valence electrons. The first-order valence-electron chi connectivity index (χ1n) is 6.21. The van der Waals surface area contributed by atoms with Crippen LogP contribution in [0.1, 0.15) is 15.9 Å². The number of pyridine rings is 1. The number of halogens is 1. The fourth-order valence-corrected chi connectivity index (χ4v) is 1.76. The van der Waals surface area contributed by atoms with E-state index >= 15 is 0 Å². The third-order valence-electron chi connectivity index (χ3n) is 2.85. The average Bonchev–Trinajstić information content (AvgIpc) is 2.53. The van der Waals surface area contributed by atoms with Gasteiger partial charge in [-0.1, -0.05) is 11.8 Å². The molecular weight excluding hydrogens is 271 g/mol. The lowest BCUT2D eigenvalue weighted by Crippen LogP contribution is -2.27. The van der Waals surface area contributed by atoms with Gasteiger partial charge < -0.3 is 10.0 Å². The number of aliphatic hydroxyl groups is 1. The lowest BCUT2D eigenvalue weighted by Gasteiger charge is -2.17. The average molecular weight is 284 g/mol. The standard InChI is InChI=1S/C16H13FN2O2/c1-19(13-5-2-8-18-11-13)16(21)14-10-12(4-3-9-20)6-7-15(14)17/h2,5-8,10-11,20H,9H2,1H3. The van der Waals surface area contributed by atoms with Gasteiger partial charge in [-0.2, -0.15) is 0 Å². The second-order valence-corrected chi connectivity index (χ2v) is 4.23. The molecule has 1 N–H and O–H groups in total. The molecule has 0 aliphatic carbocycles. The molecule has 1 amide bonds. The molecule has 0 radical (unpaired) electrons. The molecule has 0 saturated carbocycles. The molecule has 1 aromatic heterocycles. The summed E-state index contributed by atoms with van der Waals surface area (Å²) in [7, 11) is 1.55. The van der Waals surface area contributed by atoms with E-state index in [2.05, 4.69) is 16.8 Å². The maximum absolute atomic E-state index is 13.9. The van der Waals surface area contributed by atoms with Crippen LogP contribution in [0.15, 0.2) is 42.7 Å². The molecule has 0 spiro atoms. The van der Waals surface area contributed by atoms with E-state index in [-0.39, 0.29) is 12.2 Å². The summed E-state index contributed by atoms with van der Waals surface area (Å²) in [6, 6.07) is 7.41. The molecule has 21 heavy (non-hydrogen) atoms. The van der Waals surface area contributed by atoms with Crippen LogP contribution in [0.5, 0.6) is 0 Å². The Bertz CT molecular complexity index is 705. The number of nitrogens with zero attached hydrogens (tertiary/aromatic N) is 2. The highest BCUT2D eigenvalue weighted by molar-refractivity contribution is 6.06. The fraction of sp³-hybridized carbons (Fsp3) is 0.125. The van der Waals surface area contributed by atoms with Gasteiger partial charge in [0.1, 0.15) is 12.4 Å². The van der Waals surface area contributed by atoms with Crippen LogP contribution >= 0.6 is 0 Å². The van der Waals surface area contributed by atoms with Gasteiger partial charge in [0.2, 0.25) is 0 Å². The lowest BCUT2D eigenvalue weighted by molar-refractivity contribution is 0.0989. The normalized spacial score (nSPS) is 9.67. The Morgan fingerprint density at radius 1 is 1.43 bits per heavy atom. The number of carbonyl (C=O) groups is 1. The first-order chi connectivity index (χ1) is 10.1. The number of anilines is 1. The quantitative estimate of drug-likeness (QED) is 0.856. The van der Waals surface area contributed by atoms with Crippen molar-refractivity contribution in [2.75, 3.05) is 18.6 Å². The van der Waals surface area contributed by atoms with Gasteiger partial charge in [0.15, 0.2) is 0 Å². The van der Waals surface area contributed by atoms with E-state index in [0.29, 0.717) is 11.3 Å². The molecular formula is C16H13FN2O2. The summed E-state index contributed by atoms with van der Waals surface area (Å²) < 4.78 is 13.9. The van der Waals surface area contributed by atoms with Gasteiger partial charge >= 0.3 is 0 Å². The molecule has 0 atom stereocenters. The van der Waals surface area contributed by atoms with E-state index in [9.17, 15) is 9.18 Å². The third kappa shape index (κ3) is 3.44. The van der Waals surface area contributed by atoms with Crippen molar-refractivity contribution in [3.05, 3.63) is 59.7 Å². The van der Waals surface area contributed by atoms with Crippen molar-refractivity contribution in [2.24, 2.45) is 0 Å². The van der Waals surface area contributed by atoms with Crippen LogP contribution < -0.4 is 4.90 Å². The van der Waals surface area contributed by atoms with E-state index in [1.165, 1.54) is 29.3 Å². The van der Waals surface area contributed by atoms with E-state index in [1.807, 2.05) is 0 Å². The monoisotopic (exact) mass is 284 g/mol. The minimum Gasteiger partial charge on any atom is -0.384 e. The lowest BCUT2D eigenvalue weighted by atomic mass is 10.1. The Labute approximate surface area is 121 Å². The summed E-state index contributed by atoms with van der Waals surface area (Å²) in [4.78, 5) is 17.6. The van der Waals surface area contributed by atoms with Crippen molar-refractivity contribution in [1.29, 1.82) is 0 Å². The maximum atomic E-state index is 13.9. The molecule has 0 aliphatic rings. The van der Waals surface area contributed by atoms with Gasteiger partial charge in [-0.25, -0.2) is 4.39 Å². The Kier molecular flexibility index (Phi) is 4.64. The molecule has 2 aromatic rings. The molecule has 4 nitrogen and oxygen atoms in total. The van der Waals surface area contributed by atoms with Crippen molar-refractivity contribution < 1.29 is 14.3 Å².